The number of benzene rings is 1. The second-order valence-electron chi connectivity index (χ2n) is 5.05. The van der Waals surface area contributed by atoms with Crippen LogP contribution in [0.25, 0.3) is 10.6 Å². The number of aromatic nitrogens is 1. The van der Waals surface area contributed by atoms with Gasteiger partial charge in [-0.2, -0.15) is 5.10 Å². The maximum absolute atomic E-state index is 9.86. The van der Waals surface area contributed by atoms with Gasteiger partial charge in [0.15, 0.2) is 11.5 Å². The number of aryl methyl sites for hydroxylation is 1. The molecule has 0 radical (unpaired) electrons. The van der Waals surface area contributed by atoms with Crippen molar-refractivity contribution in [3.05, 3.63) is 45.1 Å². The van der Waals surface area contributed by atoms with Gasteiger partial charge in [-0.1, -0.05) is 17.7 Å². The van der Waals surface area contributed by atoms with Gasteiger partial charge >= 0.3 is 0 Å². The van der Waals surface area contributed by atoms with Gasteiger partial charge in [0, 0.05) is 4.88 Å². The molecule has 0 amide bonds. The number of phenolic OH excluding ortho intramolecular Hbond substituents is 1. The average molecular weight is 394 g/mol. The predicted molar refractivity (Wildman–Crippen MR) is 106 cm³/mol. The average Bonchev–Trinajstić information content (AvgIpc) is 3.22. The first-order valence-corrected chi connectivity index (χ1v) is 9.61. The van der Waals surface area contributed by atoms with Crippen LogP contribution in [-0.2, 0) is 0 Å². The summed E-state index contributed by atoms with van der Waals surface area (Å²) in [6.07, 6.45) is 1.61. The lowest BCUT2D eigenvalue weighted by Gasteiger charge is -2.08. The van der Waals surface area contributed by atoms with Crippen molar-refractivity contribution in [2.75, 3.05) is 12.0 Å². The fourth-order valence-electron chi connectivity index (χ4n) is 2.18. The standard InChI is InChI=1S/C17H16ClN3O2S2/c1-3-23-13-8-11(7-12(18)16(13)22)9-19-21-17-20-15(10(2)25-17)14-5-4-6-24-14/h4-9,22H,3H2,1-2H3,(H,20,21)/b19-9-. The largest absolute Gasteiger partial charge is 0.503 e. The molecule has 0 aliphatic carbocycles. The molecule has 0 unspecified atom stereocenters. The van der Waals surface area contributed by atoms with Crippen LogP contribution in [0.3, 0.4) is 0 Å². The Kier molecular flexibility index (Phi) is 5.57. The third-order valence-electron chi connectivity index (χ3n) is 3.28. The highest BCUT2D eigenvalue weighted by Crippen LogP contribution is 2.35. The summed E-state index contributed by atoms with van der Waals surface area (Å²) in [5.41, 5.74) is 4.63. The lowest BCUT2D eigenvalue weighted by atomic mass is 10.2. The van der Waals surface area contributed by atoms with Crippen molar-refractivity contribution in [1.82, 2.24) is 4.98 Å². The minimum absolute atomic E-state index is 0.0650. The Hall–Kier alpha value is -2.09. The molecule has 0 atom stereocenters. The summed E-state index contributed by atoms with van der Waals surface area (Å²) in [5, 5.41) is 17.0. The van der Waals surface area contributed by atoms with Crippen LogP contribution >= 0.6 is 34.3 Å². The smallest absolute Gasteiger partial charge is 0.204 e. The molecule has 1 aromatic carbocycles. The summed E-state index contributed by atoms with van der Waals surface area (Å²) < 4.78 is 5.36. The van der Waals surface area contributed by atoms with Gasteiger partial charge in [0.1, 0.15) is 0 Å². The first-order valence-electron chi connectivity index (χ1n) is 7.54. The zero-order chi connectivity index (χ0) is 17.8. The van der Waals surface area contributed by atoms with Crippen molar-refractivity contribution < 1.29 is 9.84 Å². The molecule has 25 heavy (non-hydrogen) atoms. The number of nitrogens with one attached hydrogen (secondary N) is 1. The Morgan fingerprint density at radius 1 is 1.44 bits per heavy atom. The Morgan fingerprint density at radius 3 is 3.00 bits per heavy atom. The number of halogens is 1. The van der Waals surface area contributed by atoms with E-state index in [9.17, 15) is 5.11 Å². The molecule has 3 aromatic rings. The molecule has 0 spiro atoms. The molecule has 0 aliphatic rings. The number of thiophene rings is 1. The molecular formula is C17H16ClN3O2S2. The Morgan fingerprint density at radius 2 is 2.28 bits per heavy atom. The lowest BCUT2D eigenvalue weighted by Crippen LogP contribution is -1.95. The highest BCUT2D eigenvalue weighted by molar-refractivity contribution is 7.17. The van der Waals surface area contributed by atoms with Crippen molar-refractivity contribution in [2.24, 2.45) is 5.10 Å². The van der Waals surface area contributed by atoms with Gasteiger partial charge in [0.05, 0.1) is 28.4 Å². The summed E-state index contributed by atoms with van der Waals surface area (Å²) in [6, 6.07) is 7.36. The first kappa shape index (κ1) is 17.7. The van der Waals surface area contributed by atoms with Gasteiger partial charge < -0.3 is 9.84 Å². The van der Waals surface area contributed by atoms with E-state index in [1.807, 2.05) is 31.4 Å². The number of hydrazone groups is 1. The normalized spacial score (nSPS) is 11.2. The van der Waals surface area contributed by atoms with E-state index in [0.717, 1.165) is 15.4 Å². The molecule has 0 saturated carbocycles. The zero-order valence-corrected chi connectivity index (χ0v) is 16.0. The lowest BCUT2D eigenvalue weighted by molar-refractivity contribution is 0.318. The zero-order valence-electron chi connectivity index (χ0n) is 13.6. The number of hydrogen-bond acceptors (Lipinski definition) is 7. The highest BCUT2D eigenvalue weighted by atomic mass is 35.5. The van der Waals surface area contributed by atoms with Crippen LogP contribution in [0.15, 0.2) is 34.7 Å². The molecule has 3 rings (SSSR count). The SMILES string of the molecule is CCOc1cc(/C=N\Nc2nc(-c3cccs3)c(C)s2)cc(Cl)c1O. The first-order chi connectivity index (χ1) is 12.1. The van der Waals surface area contributed by atoms with Crippen LogP contribution in [-0.4, -0.2) is 22.9 Å². The van der Waals surface area contributed by atoms with E-state index in [0.29, 0.717) is 23.1 Å². The Balaban J connectivity index is 1.75. The molecule has 5 nitrogen and oxygen atoms in total. The third-order valence-corrected chi connectivity index (χ3v) is 5.32. The van der Waals surface area contributed by atoms with Crippen LogP contribution in [0, 0.1) is 6.92 Å². The number of anilines is 1. The summed E-state index contributed by atoms with van der Waals surface area (Å²) in [6.45, 7) is 4.31. The van der Waals surface area contributed by atoms with Crippen LogP contribution < -0.4 is 10.2 Å². The van der Waals surface area contributed by atoms with Crippen LogP contribution in [0.4, 0.5) is 5.13 Å². The van der Waals surface area contributed by atoms with E-state index in [-0.39, 0.29) is 10.8 Å². The summed E-state index contributed by atoms with van der Waals surface area (Å²) >= 11 is 9.21. The maximum Gasteiger partial charge on any atom is 0.204 e. The minimum Gasteiger partial charge on any atom is -0.503 e. The highest BCUT2D eigenvalue weighted by Gasteiger charge is 2.11. The molecule has 0 saturated heterocycles. The van der Waals surface area contributed by atoms with Crippen molar-refractivity contribution in [3.63, 3.8) is 0 Å². The Bertz CT molecular complexity index is 892. The Labute approximate surface area is 158 Å². The van der Waals surface area contributed by atoms with Gasteiger partial charge in [-0.25, -0.2) is 4.98 Å². The van der Waals surface area contributed by atoms with Crippen LogP contribution in [0.2, 0.25) is 5.02 Å². The second-order valence-corrected chi connectivity index (χ2v) is 7.61. The van der Waals surface area contributed by atoms with Gasteiger partial charge in [0.2, 0.25) is 5.13 Å². The van der Waals surface area contributed by atoms with Crippen LogP contribution in [0.5, 0.6) is 11.5 Å². The molecule has 2 N–H and O–H groups in total. The number of thiazole rings is 1. The van der Waals surface area contributed by atoms with Gasteiger partial charge in [-0.05, 0) is 43.0 Å². The quantitative estimate of drug-likeness (QED) is 0.435. The molecule has 130 valence electrons. The van der Waals surface area contributed by atoms with Gasteiger partial charge in [-0.15, -0.1) is 22.7 Å². The summed E-state index contributed by atoms with van der Waals surface area (Å²) in [4.78, 5) is 6.84. The fraction of sp³-hybridized carbons (Fsp3) is 0.176. The van der Waals surface area contributed by atoms with Gasteiger partial charge in [0.25, 0.3) is 0 Å². The number of hydrogen-bond donors (Lipinski definition) is 2. The summed E-state index contributed by atoms with van der Waals surface area (Å²) in [7, 11) is 0. The number of aromatic hydroxyl groups is 1. The minimum atomic E-state index is -0.0650. The van der Waals surface area contributed by atoms with E-state index in [1.165, 1.54) is 0 Å². The number of nitrogens with zero attached hydrogens (tertiary/aromatic N) is 2. The second kappa shape index (κ2) is 7.86. The van der Waals surface area contributed by atoms with E-state index in [4.69, 9.17) is 16.3 Å². The molecule has 0 aliphatic heterocycles. The molecule has 0 fully saturated rings. The van der Waals surface area contributed by atoms with E-state index in [1.54, 1.807) is 41.0 Å². The van der Waals surface area contributed by atoms with Crippen molar-refractivity contribution in [1.29, 1.82) is 0 Å². The third kappa shape index (κ3) is 4.12. The number of ether oxygens (including phenoxy) is 1. The van der Waals surface area contributed by atoms with Crippen LogP contribution in [0.1, 0.15) is 17.4 Å². The number of phenols is 1. The maximum atomic E-state index is 9.86. The molecule has 0 bridgehead atoms. The van der Waals surface area contributed by atoms with Gasteiger partial charge in [-0.3, -0.25) is 5.43 Å². The van der Waals surface area contributed by atoms with Crippen molar-refractivity contribution >= 4 is 45.6 Å². The predicted octanol–water partition coefficient (Wildman–Crippen LogP) is 5.38. The van der Waals surface area contributed by atoms with Crippen molar-refractivity contribution in [2.45, 2.75) is 13.8 Å². The fourth-order valence-corrected chi connectivity index (χ4v) is 4.01. The molecule has 8 heteroatoms. The monoisotopic (exact) mass is 393 g/mol. The molecule has 2 heterocycles. The van der Waals surface area contributed by atoms with E-state index < -0.39 is 0 Å². The summed E-state index contributed by atoms with van der Waals surface area (Å²) in [5.74, 6) is 0.270. The van der Waals surface area contributed by atoms with E-state index in [2.05, 4.69) is 15.5 Å². The molecular weight excluding hydrogens is 378 g/mol. The topological polar surface area (TPSA) is 66.7 Å². The van der Waals surface area contributed by atoms with E-state index >= 15 is 0 Å². The molecule has 2 aromatic heterocycles. The van der Waals surface area contributed by atoms with Crippen molar-refractivity contribution in [3.8, 4) is 22.1 Å². The number of rotatable bonds is 6.